The average Bonchev–Trinajstić information content (AvgIpc) is 3.11. The summed E-state index contributed by atoms with van der Waals surface area (Å²) < 4.78 is 27.1. The zero-order valence-corrected chi connectivity index (χ0v) is 17.0. The van der Waals surface area contributed by atoms with Gasteiger partial charge in [-0.2, -0.15) is 0 Å². The summed E-state index contributed by atoms with van der Waals surface area (Å²) in [6, 6.07) is 15.7. The van der Waals surface area contributed by atoms with Crippen molar-refractivity contribution in [2.45, 2.75) is 6.42 Å². The minimum absolute atomic E-state index is 0.0551. The maximum Gasteiger partial charge on any atom is 0.264 e. The molecule has 2 amide bonds. The molecule has 1 saturated heterocycles. The van der Waals surface area contributed by atoms with Crippen LogP contribution < -0.4 is 0 Å². The number of rotatable bonds is 3. The average molecular weight is 426 g/mol. The van der Waals surface area contributed by atoms with Crippen LogP contribution >= 0.6 is 11.3 Å². The maximum absolute atomic E-state index is 14.0. The number of thiophene rings is 1. The molecule has 0 unspecified atom stereocenters. The van der Waals surface area contributed by atoms with Crippen molar-refractivity contribution in [2.24, 2.45) is 0 Å². The molecule has 1 fully saturated rings. The zero-order valence-electron chi connectivity index (χ0n) is 16.2. The van der Waals surface area contributed by atoms with Gasteiger partial charge in [0.05, 0.1) is 10.4 Å². The summed E-state index contributed by atoms with van der Waals surface area (Å²) >= 11 is 1.36. The van der Waals surface area contributed by atoms with Crippen molar-refractivity contribution < 1.29 is 18.4 Å². The highest BCUT2D eigenvalue weighted by atomic mass is 32.1. The van der Waals surface area contributed by atoms with E-state index in [4.69, 9.17) is 0 Å². The van der Waals surface area contributed by atoms with Crippen molar-refractivity contribution in [1.82, 2.24) is 9.80 Å². The summed E-state index contributed by atoms with van der Waals surface area (Å²) in [6.45, 7) is 1.75. The third kappa shape index (κ3) is 4.26. The van der Waals surface area contributed by atoms with Gasteiger partial charge in [0.2, 0.25) is 0 Å². The predicted octanol–water partition coefficient (Wildman–Crippen LogP) is 4.68. The van der Waals surface area contributed by atoms with Gasteiger partial charge in [0.25, 0.3) is 11.8 Å². The lowest BCUT2D eigenvalue weighted by Gasteiger charge is -2.22. The SMILES string of the molecule is O=C(c1ccc(-c2ccc(F)cc2)s1)N1CCCN(C(=O)c2ccccc2F)CC1. The van der Waals surface area contributed by atoms with Crippen LogP contribution in [0.5, 0.6) is 0 Å². The molecule has 0 atom stereocenters. The summed E-state index contributed by atoms with van der Waals surface area (Å²) in [5.74, 6) is -1.28. The molecule has 0 aliphatic carbocycles. The Morgan fingerprint density at radius 2 is 1.43 bits per heavy atom. The van der Waals surface area contributed by atoms with Crippen LogP contribution in [0.2, 0.25) is 0 Å². The molecule has 0 spiro atoms. The number of hydrogen-bond donors (Lipinski definition) is 0. The topological polar surface area (TPSA) is 40.6 Å². The van der Waals surface area contributed by atoms with Gasteiger partial charge in [-0.3, -0.25) is 9.59 Å². The van der Waals surface area contributed by atoms with Gasteiger partial charge in [0.15, 0.2) is 0 Å². The molecule has 2 aromatic carbocycles. The van der Waals surface area contributed by atoms with E-state index in [2.05, 4.69) is 0 Å². The van der Waals surface area contributed by atoms with Gasteiger partial charge < -0.3 is 9.80 Å². The normalized spacial score (nSPS) is 14.5. The summed E-state index contributed by atoms with van der Waals surface area (Å²) in [5.41, 5.74) is 0.914. The minimum Gasteiger partial charge on any atom is -0.337 e. The van der Waals surface area contributed by atoms with Gasteiger partial charge in [0, 0.05) is 31.1 Å². The van der Waals surface area contributed by atoms with Crippen LogP contribution in [0.1, 0.15) is 26.5 Å². The highest BCUT2D eigenvalue weighted by molar-refractivity contribution is 7.17. The Kier molecular flexibility index (Phi) is 5.90. The van der Waals surface area contributed by atoms with E-state index in [0.29, 0.717) is 37.5 Å². The second-order valence-electron chi connectivity index (χ2n) is 7.09. The number of carbonyl (C=O) groups is 2. The quantitative estimate of drug-likeness (QED) is 0.610. The lowest BCUT2D eigenvalue weighted by atomic mass is 10.2. The molecule has 4 nitrogen and oxygen atoms in total. The second kappa shape index (κ2) is 8.75. The standard InChI is InChI=1S/C23H20F2N2O2S/c24-17-8-6-16(7-9-17)20-10-11-21(30-20)23(29)27-13-3-12-26(14-15-27)22(28)18-4-1-2-5-19(18)25/h1-2,4-11H,3,12-15H2. The summed E-state index contributed by atoms with van der Waals surface area (Å²) in [7, 11) is 0. The molecule has 0 radical (unpaired) electrons. The van der Waals surface area contributed by atoms with E-state index in [-0.39, 0.29) is 23.2 Å². The van der Waals surface area contributed by atoms with Crippen LogP contribution in [-0.4, -0.2) is 47.8 Å². The Balaban J connectivity index is 1.43. The van der Waals surface area contributed by atoms with E-state index < -0.39 is 5.82 Å². The van der Waals surface area contributed by atoms with Crippen molar-refractivity contribution in [1.29, 1.82) is 0 Å². The summed E-state index contributed by atoms with van der Waals surface area (Å²) in [5, 5.41) is 0. The van der Waals surface area contributed by atoms with Crippen molar-refractivity contribution in [3.8, 4) is 10.4 Å². The summed E-state index contributed by atoms with van der Waals surface area (Å²) in [4.78, 5) is 30.5. The molecule has 3 aromatic rings. The highest BCUT2D eigenvalue weighted by Crippen LogP contribution is 2.29. The van der Waals surface area contributed by atoms with E-state index >= 15 is 0 Å². The first-order chi connectivity index (χ1) is 14.5. The zero-order chi connectivity index (χ0) is 21.1. The number of carbonyl (C=O) groups excluding carboxylic acids is 2. The van der Waals surface area contributed by atoms with Gasteiger partial charge in [-0.25, -0.2) is 8.78 Å². The minimum atomic E-state index is -0.536. The molecular formula is C23H20F2N2O2S. The number of benzene rings is 2. The molecule has 1 aromatic heterocycles. The van der Waals surface area contributed by atoms with Gasteiger partial charge in [-0.1, -0.05) is 24.3 Å². The van der Waals surface area contributed by atoms with Gasteiger partial charge in [0.1, 0.15) is 11.6 Å². The molecule has 0 saturated carbocycles. The molecule has 4 rings (SSSR count). The molecule has 2 heterocycles. The lowest BCUT2D eigenvalue weighted by molar-refractivity contribution is 0.0718. The largest absolute Gasteiger partial charge is 0.337 e. The van der Waals surface area contributed by atoms with Crippen molar-refractivity contribution >= 4 is 23.2 Å². The highest BCUT2D eigenvalue weighted by Gasteiger charge is 2.25. The van der Waals surface area contributed by atoms with E-state index in [1.165, 1.54) is 35.6 Å². The molecular weight excluding hydrogens is 406 g/mol. The lowest BCUT2D eigenvalue weighted by Crippen LogP contribution is -2.37. The Bertz CT molecular complexity index is 1070. The molecule has 0 bridgehead atoms. The van der Waals surface area contributed by atoms with E-state index in [1.807, 2.05) is 6.07 Å². The molecule has 30 heavy (non-hydrogen) atoms. The first-order valence-electron chi connectivity index (χ1n) is 9.72. The fourth-order valence-corrected chi connectivity index (χ4v) is 4.49. The van der Waals surface area contributed by atoms with Crippen LogP contribution in [0, 0.1) is 11.6 Å². The Morgan fingerprint density at radius 3 is 2.13 bits per heavy atom. The first-order valence-corrected chi connectivity index (χ1v) is 10.5. The smallest absolute Gasteiger partial charge is 0.264 e. The fourth-order valence-electron chi connectivity index (χ4n) is 3.51. The van der Waals surface area contributed by atoms with Crippen molar-refractivity contribution in [3.63, 3.8) is 0 Å². The van der Waals surface area contributed by atoms with Crippen LogP contribution in [-0.2, 0) is 0 Å². The third-order valence-electron chi connectivity index (χ3n) is 5.12. The van der Waals surface area contributed by atoms with E-state index in [0.717, 1.165) is 10.4 Å². The van der Waals surface area contributed by atoms with Gasteiger partial charge >= 0.3 is 0 Å². The van der Waals surface area contributed by atoms with Crippen LogP contribution in [0.4, 0.5) is 8.78 Å². The van der Waals surface area contributed by atoms with Gasteiger partial charge in [-0.15, -0.1) is 11.3 Å². The van der Waals surface area contributed by atoms with Crippen molar-refractivity contribution in [3.05, 3.63) is 82.7 Å². The van der Waals surface area contributed by atoms with Gasteiger partial charge in [-0.05, 0) is 48.4 Å². The molecule has 1 aliphatic rings. The second-order valence-corrected chi connectivity index (χ2v) is 8.17. The first kappa shape index (κ1) is 20.2. The molecule has 7 heteroatoms. The molecule has 0 N–H and O–H groups in total. The van der Waals surface area contributed by atoms with Crippen LogP contribution in [0.3, 0.4) is 0 Å². The molecule has 1 aliphatic heterocycles. The Labute approximate surface area is 177 Å². The monoisotopic (exact) mass is 426 g/mol. The number of nitrogens with zero attached hydrogens (tertiary/aromatic N) is 2. The van der Waals surface area contributed by atoms with Crippen LogP contribution in [0.15, 0.2) is 60.7 Å². The Morgan fingerprint density at radius 1 is 0.767 bits per heavy atom. The van der Waals surface area contributed by atoms with E-state index in [9.17, 15) is 18.4 Å². The maximum atomic E-state index is 14.0. The van der Waals surface area contributed by atoms with Crippen LogP contribution in [0.25, 0.3) is 10.4 Å². The fraction of sp³-hybridized carbons (Fsp3) is 0.217. The van der Waals surface area contributed by atoms with E-state index in [1.54, 1.807) is 40.1 Å². The number of hydrogen-bond acceptors (Lipinski definition) is 3. The Hall–Kier alpha value is -3.06. The number of halogens is 2. The molecule has 154 valence electrons. The predicted molar refractivity (Wildman–Crippen MR) is 113 cm³/mol. The number of amides is 2. The third-order valence-corrected chi connectivity index (χ3v) is 6.24. The van der Waals surface area contributed by atoms with Crippen molar-refractivity contribution in [2.75, 3.05) is 26.2 Å². The summed E-state index contributed by atoms with van der Waals surface area (Å²) in [6.07, 6.45) is 0.627.